The molecular weight excluding hydrogens is 186 g/mol. The van der Waals surface area contributed by atoms with Crippen LogP contribution in [0.1, 0.15) is 10.5 Å². The Balaban J connectivity index is 0.000000980. The molecule has 0 aliphatic carbocycles. The van der Waals surface area contributed by atoms with E-state index in [1.54, 1.807) is 6.07 Å². The van der Waals surface area contributed by atoms with E-state index in [0.717, 1.165) is 0 Å². The topological polar surface area (TPSA) is 105 Å². The van der Waals surface area contributed by atoms with Gasteiger partial charge >= 0.3 is 5.97 Å². The van der Waals surface area contributed by atoms with Crippen LogP contribution in [-0.4, -0.2) is 26.6 Å². The number of phenols is 1. The maximum Gasteiger partial charge on any atom is 0.352 e. The highest BCUT2D eigenvalue weighted by molar-refractivity contribution is 5.94. The highest BCUT2D eigenvalue weighted by Gasteiger charge is 2.06. The highest BCUT2D eigenvalue weighted by Crippen LogP contribution is 2.20. The van der Waals surface area contributed by atoms with E-state index >= 15 is 0 Å². The predicted molar refractivity (Wildman–Crippen MR) is 50.5 cm³/mol. The van der Waals surface area contributed by atoms with Gasteiger partial charge < -0.3 is 20.7 Å². The average molecular weight is 195 g/mol. The van der Waals surface area contributed by atoms with Crippen LogP contribution in [0.25, 0.3) is 10.9 Å². The van der Waals surface area contributed by atoms with E-state index < -0.39 is 5.97 Å². The number of hydrogen-bond acceptors (Lipinski definition) is 2. The molecule has 0 radical (unpaired) electrons. The fraction of sp³-hybridized carbons (Fsp3) is 0. The number of fused-ring (bicyclic) bond motifs is 1. The first-order chi connectivity index (χ1) is 6.16. The SMILES string of the molecule is O.O=C(O)c1cc2cc(O)ccc2[nH]1. The molecule has 0 aliphatic rings. The third kappa shape index (κ3) is 1.53. The second-order valence-corrected chi connectivity index (χ2v) is 2.76. The molecule has 1 aromatic heterocycles. The zero-order chi connectivity index (χ0) is 9.42. The molecule has 0 spiro atoms. The molecule has 5 nitrogen and oxygen atoms in total. The van der Waals surface area contributed by atoms with Crippen LogP contribution in [0.3, 0.4) is 0 Å². The summed E-state index contributed by atoms with van der Waals surface area (Å²) in [6, 6.07) is 6.14. The number of rotatable bonds is 1. The summed E-state index contributed by atoms with van der Waals surface area (Å²) < 4.78 is 0. The molecule has 2 rings (SSSR count). The number of carbonyl (C=O) groups is 1. The Morgan fingerprint density at radius 1 is 1.29 bits per heavy atom. The van der Waals surface area contributed by atoms with E-state index in [-0.39, 0.29) is 16.9 Å². The molecule has 2 aromatic rings. The van der Waals surface area contributed by atoms with Crippen LogP contribution in [0.4, 0.5) is 0 Å². The van der Waals surface area contributed by atoms with Crippen molar-refractivity contribution in [3.05, 3.63) is 30.0 Å². The number of carboxylic acid groups (broad SMARTS) is 1. The van der Waals surface area contributed by atoms with E-state index in [1.807, 2.05) is 0 Å². The van der Waals surface area contributed by atoms with Gasteiger partial charge in [0.2, 0.25) is 0 Å². The van der Waals surface area contributed by atoms with Gasteiger partial charge in [-0.05, 0) is 24.3 Å². The zero-order valence-electron chi connectivity index (χ0n) is 7.11. The molecule has 5 N–H and O–H groups in total. The molecule has 0 bridgehead atoms. The Hall–Kier alpha value is -2.01. The smallest absolute Gasteiger partial charge is 0.352 e. The number of H-pyrrole nitrogens is 1. The van der Waals surface area contributed by atoms with Gasteiger partial charge in [-0.25, -0.2) is 4.79 Å². The largest absolute Gasteiger partial charge is 0.508 e. The molecule has 14 heavy (non-hydrogen) atoms. The molecule has 74 valence electrons. The van der Waals surface area contributed by atoms with Crippen molar-refractivity contribution >= 4 is 16.9 Å². The minimum atomic E-state index is -1.00. The number of benzene rings is 1. The Kier molecular flexibility index (Phi) is 2.44. The van der Waals surface area contributed by atoms with Crippen LogP contribution in [-0.2, 0) is 0 Å². The number of nitrogens with one attached hydrogen (secondary N) is 1. The van der Waals surface area contributed by atoms with Crippen LogP contribution < -0.4 is 0 Å². The van der Waals surface area contributed by atoms with Crippen molar-refractivity contribution in [3.8, 4) is 5.75 Å². The molecule has 1 aromatic carbocycles. The van der Waals surface area contributed by atoms with Crippen LogP contribution in [0.15, 0.2) is 24.3 Å². The normalized spacial score (nSPS) is 9.71. The maximum atomic E-state index is 10.6. The highest BCUT2D eigenvalue weighted by atomic mass is 16.4. The number of carboxylic acids is 1. The maximum absolute atomic E-state index is 10.6. The molecule has 5 heteroatoms. The van der Waals surface area contributed by atoms with Crippen molar-refractivity contribution in [2.45, 2.75) is 0 Å². The summed E-state index contributed by atoms with van der Waals surface area (Å²) in [7, 11) is 0. The summed E-state index contributed by atoms with van der Waals surface area (Å²) in [4.78, 5) is 13.3. The minimum Gasteiger partial charge on any atom is -0.508 e. The van der Waals surface area contributed by atoms with Crippen LogP contribution >= 0.6 is 0 Å². The van der Waals surface area contributed by atoms with Crippen molar-refractivity contribution in [1.82, 2.24) is 4.98 Å². The first-order valence-corrected chi connectivity index (χ1v) is 3.72. The van der Waals surface area contributed by atoms with Gasteiger partial charge in [0.25, 0.3) is 0 Å². The summed E-state index contributed by atoms with van der Waals surface area (Å²) in [5.41, 5.74) is 0.829. The molecule has 1 heterocycles. The van der Waals surface area contributed by atoms with Crippen molar-refractivity contribution in [3.63, 3.8) is 0 Å². The number of aromatic nitrogens is 1. The number of aromatic hydroxyl groups is 1. The van der Waals surface area contributed by atoms with Crippen molar-refractivity contribution < 1.29 is 20.5 Å². The van der Waals surface area contributed by atoms with Gasteiger partial charge in [0.1, 0.15) is 11.4 Å². The third-order valence-electron chi connectivity index (χ3n) is 1.83. The number of phenolic OH excluding ortho intramolecular Hbond substituents is 1. The number of aromatic amines is 1. The van der Waals surface area contributed by atoms with E-state index in [4.69, 9.17) is 10.2 Å². The van der Waals surface area contributed by atoms with Crippen LogP contribution in [0, 0.1) is 0 Å². The zero-order valence-corrected chi connectivity index (χ0v) is 7.11. The lowest BCUT2D eigenvalue weighted by molar-refractivity contribution is 0.0691. The van der Waals surface area contributed by atoms with Crippen molar-refractivity contribution in [2.75, 3.05) is 0 Å². The lowest BCUT2D eigenvalue weighted by atomic mass is 10.2. The summed E-state index contributed by atoms with van der Waals surface area (Å²) in [5, 5.41) is 18.5. The Bertz CT molecular complexity index is 475. The molecule has 0 amide bonds. The summed E-state index contributed by atoms with van der Waals surface area (Å²) in [5.74, 6) is -0.876. The molecular formula is C9H9NO4. The fourth-order valence-electron chi connectivity index (χ4n) is 1.24. The van der Waals surface area contributed by atoms with Crippen LogP contribution in [0.5, 0.6) is 5.75 Å². The number of hydrogen-bond donors (Lipinski definition) is 3. The van der Waals surface area contributed by atoms with E-state index in [0.29, 0.717) is 10.9 Å². The Morgan fingerprint density at radius 3 is 2.64 bits per heavy atom. The van der Waals surface area contributed by atoms with Gasteiger partial charge in [-0.15, -0.1) is 0 Å². The predicted octanol–water partition coefficient (Wildman–Crippen LogP) is 0.747. The molecule has 0 fully saturated rings. The average Bonchev–Trinajstić information content (AvgIpc) is 2.46. The summed E-state index contributed by atoms with van der Waals surface area (Å²) >= 11 is 0. The summed E-state index contributed by atoms with van der Waals surface area (Å²) in [6.45, 7) is 0. The second-order valence-electron chi connectivity index (χ2n) is 2.76. The minimum absolute atomic E-state index is 0. The first-order valence-electron chi connectivity index (χ1n) is 3.72. The standard InChI is InChI=1S/C9H7NO3.H2O/c11-6-1-2-7-5(3-6)4-8(10-7)9(12)13;/h1-4,10-11H,(H,12,13);1H2. The van der Waals surface area contributed by atoms with E-state index in [1.165, 1.54) is 18.2 Å². The first kappa shape index (κ1) is 10.1. The Labute approximate surface area is 78.9 Å². The van der Waals surface area contributed by atoms with Gasteiger partial charge in [-0.2, -0.15) is 0 Å². The molecule has 0 atom stereocenters. The fourth-order valence-corrected chi connectivity index (χ4v) is 1.24. The van der Waals surface area contributed by atoms with E-state index in [2.05, 4.69) is 4.98 Å². The van der Waals surface area contributed by atoms with Gasteiger partial charge in [-0.3, -0.25) is 0 Å². The van der Waals surface area contributed by atoms with Crippen LogP contribution in [0.2, 0.25) is 0 Å². The van der Waals surface area contributed by atoms with Crippen molar-refractivity contribution in [2.24, 2.45) is 0 Å². The molecule has 0 aliphatic heterocycles. The molecule has 0 unspecified atom stereocenters. The quantitative estimate of drug-likeness (QED) is 0.625. The summed E-state index contributed by atoms with van der Waals surface area (Å²) in [6.07, 6.45) is 0. The van der Waals surface area contributed by atoms with Gasteiger partial charge in [0.05, 0.1) is 0 Å². The second kappa shape index (κ2) is 3.39. The van der Waals surface area contributed by atoms with Gasteiger partial charge in [0, 0.05) is 10.9 Å². The third-order valence-corrected chi connectivity index (χ3v) is 1.83. The lowest BCUT2D eigenvalue weighted by Crippen LogP contribution is -1.94. The van der Waals surface area contributed by atoms with Gasteiger partial charge in [-0.1, -0.05) is 0 Å². The number of aromatic carboxylic acids is 1. The molecule has 0 saturated carbocycles. The monoisotopic (exact) mass is 195 g/mol. The lowest BCUT2D eigenvalue weighted by Gasteiger charge is -1.89. The van der Waals surface area contributed by atoms with E-state index in [9.17, 15) is 4.79 Å². The molecule has 0 saturated heterocycles. The van der Waals surface area contributed by atoms with Gasteiger partial charge in [0.15, 0.2) is 0 Å². The Morgan fingerprint density at radius 2 is 2.00 bits per heavy atom. The van der Waals surface area contributed by atoms with Crippen molar-refractivity contribution in [1.29, 1.82) is 0 Å².